The topological polar surface area (TPSA) is 44.8 Å². The molecule has 2 aliphatic heterocycles. The van der Waals surface area contributed by atoms with E-state index >= 15 is 0 Å². The third-order valence-corrected chi connectivity index (χ3v) is 5.40. The molecule has 6 heteroatoms. The summed E-state index contributed by atoms with van der Waals surface area (Å²) in [6, 6.07) is 7.80. The van der Waals surface area contributed by atoms with Gasteiger partial charge in [-0.1, -0.05) is 30.2 Å². The van der Waals surface area contributed by atoms with Crippen LogP contribution in [0.2, 0.25) is 5.02 Å². The summed E-state index contributed by atoms with van der Waals surface area (Å²) in [5.41, 5.74) is 1.18. The lowest BCUT2D eigenvalue weighted by molar-refractivity contribution is 0.0256. The van der Waals surface area contributed by atoms with Crippen molar-refractivity contribution in [3.8, 4) is 0 Å². The molecule has 1 aromatic rings. The highest BCUT2D eigenvalue weighted by atomic mass is 35.5. The average Bonchev–Trinajstić information content (AvgIpc) is 2.90. The van der Waals surface area contributed by atoms with Crippen LogP contribution in [0.15, 0.2) is 24.3 Å². The minimum absolute atomic E-state index is 0.0214. The summed E-state index contributed by atoms with van der Waals surface area (Å²) in [4.78, 5) is 17.0. The first-order chi connectivity index (χ1) is 12.7. The van der Waals surface area contributed by atoms with Crippen LogP contribution in [-0.2, 0) is 11.2 Å². The lowest BCUT2D eigenvalue weighted by atomic mass is 10.1. The molecule has 0 aliphatic carbocycles. The van der Waals surface area contributed by atoms with E-state index in [4.69, 9.17) is 16.3 Å². The molecule has 1 N–H and O–H groups in total. The number of halogens is 1. The largest absolute Gasteiger partial charge is 0.375 e. The third kappa shape index (κ3) is 6.15. The van der Waals surface area contributed by atoms with Crippen molar-refractivity contribution in [2.45, 2.75) is 38.2 Å². The van der Waals surface area contributed by atoms with Crippen molar-refractivity contribution >= 4 is 17.6 Å². The van der Waals surface area contributed by atoms with Crippen LogP contribution in [0, 0.1) is 0 Å². The van der Waals surface area contributed by atoms with Crippen molar-refractivity contribution in [1.82, 2.24) is 15.1 Å². The maximum atomic E-state index is 12.6. The monoisotopic (exact) mass is 379 g/mol. The van der Waals surface area contributed by atoms with Crippen molar-refractivity contribution < 1.29 is 9.53 Å². The number of amides is 2. The molecule has 0 unspecified atom stereocenters. The van der Waals surface area contributed by atoms with Gasteiger partial charge in [0.05, 0.1) is 6.10 Å². The molecule has 26 heavy (non-hydrogen) atoms. The number of hydrogen-bond donors (Lipinski definition) is 1. The molecule has 0 bridgehead atoms. The van der Waals surface area contributed by atoms with Gasteiger partial charge in [-0.2, -0.15) is 0 Å². The van der Waals surface area contributed by atoms with Crippen LogP contribution in [0.25, 0.3) is 0 Å². The highest BCUT2D eigenvalue weighted by Crippen LogP contribution is 2.13. The van der Waals surface area contributed by atoms with E-state index in [1.807, 2.05) is 29.2 Å². The van der Waals surface area contributed by atoms with Crippen LogP contribution in [0.1, 0.15) is 31.2 Å². The molecule has 5 nitrogen and oxygen atoms in total. The Bertz CT molecular complexity index is 561. The minimum atomic E-state index is 0.0214. The van der Waals surface area contributed by atoms with Crippen LogP contribution in [0.4, 0.5) is 4.79 Å². The van der Waals surface area contributed by atoms with Gasteiger partial charge in [0, 0.05) is 37.8 Å². The first-order valence-electron chi connectivity index (χ1n) is 9.82. The molecule has 2 aliphatic rings. The van der Waals surface area contributed by atoms with Crippen LogP contribution in [0.3, 0.4) is 0 Å². The lowest BCUT2D eigenvalue weighted by Gasteiger charge is -2.31. The van der Waals surface area contributed by atoms with Gasteiger partial charge in [-0.25, -0.2) is 4.79 Å². The Labute approximate surface area is 161 Å². The first-order valence-corrected chi connectivity index (χ1v) is 10.2. The predicted molar refractivity (Wildman–Crippen MR) is 105 cm³/mol. The summed E-state index contributed by atoms with van der Waals surface area (Å²) >= 11 is 5.90. The van der Waals surface area contributed by atoms with E-state index in [9.17, 15) is 4.79 Å². The molecule has 2 heterocycles. The van der Waals surface area contributed by atoms with Crippen molar-refractivity contribution in [2.75, 3.05) is 45.9 Å². The fraction of sp³-hybridized carbons (Fsp3) is 0.650. The zero-order valence-corrected chi connectivity index (χ0v) is 16.2. The second-order valence-electron chi connectivity index (χ2n) is 7.26. The summed E-state index contributed by atoms with van der Waals surface area (Å²) < 4.78 is 6.00. The first kappa shape index (κ1) is 19.5. The second kappa shape index (κ2) is 10.1. The standard InChI is InChI=1S/C20H30ClN3O2/c21-18-7-5-17(6-8-18)9-10-22-20(25)24-13-4-14-26-19(16-24)15-23-11-2-1-3-12-23/h5-8,19H,1-4,9-16H2,(H,22,25)/t19-/m0/s1. The number of likely N-dealkylation sites (tertiary alicyclic amines) is 1. The lowest BCUT2D eigenvalue weighted by Crippen LogP contribution is -2.47. The number of piperidine rings is 1. The normalized spacial score (nSPS) is 22.0. The molecule has 2 amide bonds. The number of carbonyl (C=O) groups is 1. The molecule has 0 radical (unpaired) electrons. The Morgan fingerprint density at radius 2 is 1.88 bits per heavy atom. The van der Waals surface area contributed by atoms with E-state index < -0.39 is 0 Å². The van der Waals surface area contributed by atoms with Gasteiger partial charge in [-0.05, 0) is 56.5 Å². The molecule has 0 saturated carbocycles. The maximum Gasteiger partial charge on any atom is 0.317 e. The average molecular weight is 380 g/mol. The Kier molecular flexibility index (Phi) is 7.59. The van der Waals surface area contributed by atoms with Crippen LogP contribution in [0.5, 0.6) is 0 Å². The van der Waals surface area contributed by atoms with E-state index in [1.165, 1.54) is 24.8 Å². The quantitative estimate of drug-likeness (QED) is 0.854. The van der Waals surface area contributed by atoms with Crippen LogP contribution in [-0.4, -0.2) is 67.8 Å². The number of rotatable bonds is 5. The number of nitrogens with zero attached hydrogens (tertiary/aromatic N) is 2. The Morgan fingerprint density at radius 1 is 1.12 bits per heavy atom. The van der Waals surface area contributed by atoms with Crippen LogP contribution < -0.4 is 5.32 Å². The van der Waals surface area contributed by atoms with Gasteiger partial charge >= 0.3 is 6.03 Å². The number of ether oxygens (including phenoxy) is 1. The van der Waals surface area contributed by atoms with Gasteiger partial charge in [0.15, 0.2) is 0 Å². The maximum absolute atomic E-state index is 12.6. The molecule has 144 valence electrons. The third-order valence-electron chi connectivity index (χ3n) is 5.15. The number of nitrogens with one attached hydrogen (secondary N) is 1. The number of benzene rings is 1. The van der Waals surface area contributed by atoms with E-state index in [1.54, 1.807) is 0 Å². The number of urea groups is 1. The summed E-state index contributed by atoms with van der Waals surface area (Å²) in [5.74, 6) is 0. The Morgan fingerprint density at radius 3 is 2.65 bits per heavy atom. The van der Waals surface area contributed by atoms with Gasteiger partial charge in [0.25, 0.3) is 0 Å². The number of hydrogen-bond acceptors (Lipinski definition) is 3. The minimum Gasteiger partial charge on any atom is -0.375 e. The van der Waals surface area contributed by atoms with Gasteiger partial charge in [-0.15, -0.1) is 0 Å². The highest BCUT2D eigenvalue weighted by Gasteiger charge is 2.24. The summed E-state index contributed by atoms with van der Waals surface area (Å²) in [5, 5.41) is 3.79. The molecular formula is C20H30ClN3O2. The molecule has 0 aromatic heterocycles. The van der Waals surface area contributed by atoms with E-state index in [2.05, 4.69) is 10.2 Å². The fourth-order valence-electron chi connectivity index (χ4n) is 3.70. The van der Waals surface area contributed by atoms with Crippen LogP contribution >= 0.6 is 11.6 Å². The van der Waals surface area contributed by atoms with E-state index in [0.717, 1.165) is 50.7 Å². The zero-order chi connectivity index (χ0) is 18.2. The van der Waals surface area contributed by atoms with Gasteiger partial charge < -0.3 is 19.9 Å². The van der Waals surface area contributed by atoms with Crippen molar-refractivity contribution in [3.63, 3.8) is 0 Å². The highest BCUT2D eigenvalue weighted by molar-refractivity contribution is 6.30. The summed E-state index contributed by atoms with van der Waals surface area (Å²) in [7, 11) is 0. The fourth-order valence-corrected chi connectivity index (χ4v) is 3.82. The van der Waals surface area contributed by atoms with Gasteiger partial charge in [-0.3, -0.25) is 0 Å². The molecular weight excluding hydrogens is 350 g/mol. The SMILES string of the molecule is O=C(NCCc1ccc(Cl)cc1)N1CCCO[C@@H](CN2CCCCC2)C1. The van der Waals surface area contributed by atoms with Crippen molar-refractivity contribution in [2.24, 2.45) is 0 Å². The summed E-state index contributed by atoms with van der Waals surface area (Å²) in [6.45, 7) is 6.09. The van der Waals surface area contributed by atoms with Crippen molar-refractivity contribution in [1.29, 1.82) is 0 Å². The van der Waals surface area contributed by atoms with Gasteiger partial charge in [0.2, 0.25) is 0 Å². The number of carbonyl (C=O) groups excluding carboxylic acids is 1. The molecule has 3 rings (SSSR count). The molecule has 0 spiro atoms. The summed E-state index contributed by atoms with van der Waals surface area (Å²) in [6.07, 6.45) is 5.73. The van der Waals surface area contributed by atoms with E-state index in [-0.39, 0.29) is 12.1 Å². The smallest absolute Gasteiger partial charge is 0.317 e. The molecule has 2 fully saturated rings. The Balaban J connectivity index is 1.43. The molecule has 2 saturated heterocycles. The zero-order valence-electron chi connectivity index (χ0n) is 15.5. The molecule has 1 atom stereocenters. The van der Waals surface area contributed by atoms with Crippen molar-refractivity contribution in [3.05, 3.63) is 34.9 Å². The molecule has 1 aromatic carbocycles. The predicted octanol–water partition coefficient (Wildman–Crippen LogP) is 3.17. The Hall–Kier alpha value is -1.30. The van der Waals surface area contributed by atoms with Gasteiger partial charge in [0.1, 0.15) is 0 Å². The second-order valence-corrected chi connectivity index (χ2v) is 7.70. The van der Waals surface area contributed by atoms with E-state index in [0.29, 0.717) is 13.1 Å².